The fraction of sp³-hybridized carbons (Fsp3) is 0.286. The van der Waals surface area contributed by atoms with Crippen LogP contribution < -0.4 is 15.1 Å². The van der Waals surface area contributed by atoms with Gasteiger partial charge in [-0.1, -0.05) is 12.1 Å². The molecule has 2 aromatic rings. The maximum absolute atomic E-state index is 13.1. The summed E-state index contributed by atoms with van der Waals surface area (Å²) in [5.74, 6) is -0.822. The van der Waals surface area contributed by atoms with E-state index in [0.29, 0.717) is 18.7 Å². The van der Waals surface area contributed by atoms with Crippen LogP contribution in [-0.2, 0) is 20.9 Å². The van der Waals surface area contributed by atoms with E-state index in [4.69, 9.17) is 0 Å². The molecule has 2 aliphatic heterocycles. The Balaban J connectivity index is 1.38. The number of quaternary nitrogens is 1. The number of rotatable bonds is 5. The van der Waals surface area contributed by atoms with E-state index >= 15 is 0 Å². The molecule has 0 aliphatic carbocycles. The van der Waals surface area contributed by atoms with Crippen LogP contribution in [0.5, 0.6) is 0 Å². The van der Waals surface area contributed by atoms with Gasteiger partial charge in [0.2, 0.25) is 11.8 Å². The van der Waals surface area contributed by atoms with Gasteiger partial charge < -0.3 is 10.2 Å². The molecule has 2 aliphatic rings. The van der Waals surface area contributed by atoms with Crippen LogP contribution in [0.15, 0.2) is 48.5 Å². The number of hydrogen-bond acceptors (Lipinski definition) is 3. The molecule has 0 aromatic heterocycles. The first-order chi connectivity index (χ1) is 13.5. The first-order valence-corrected chi connectivity index (χ1v) is 9.38. The molecule has 4 rings (SSSR count). The number of amides is 3. The Hall–Kier alpha value is -3.06. The molecular weight excluding hydrogens is 361 g/mol. The van der Waals surface area contributed by atoms with Crippen LogP contribution >= 0.6 is 0 Å². The number of nitrogens with zero attached hydrogens (tertiary/aromatic N) is 2. The summed E-state index contributed by atoms with van der Waals surface area (Å²) in [5, 5.41) is 1.85. The zero-order valence-corrected chi connectivity index (χ0v) is 15.3. The van der Waals surface area contributed by atoms with Gasteiger partial charge in [-0.05, 0) is 42.8 Å². The highest BCUT2D eigenvalue weighted by atomic mass is 19.1. The van der Waals surface area contributed by atoms with E-state index in [1.54, 1.807) is 4.90 Å². The molecule has 2 saturated heterocycles. The molecular formula is C21H21FN3O3+. The predicted octanol–water partition coefficient (Wildman–Crippen LogP) is 1.35. The van der Waals surface area contributed by atoms with Crippen LogP contribution in [0, 0.1) is 5.82 Å². The third-order valence-electron chi connectivity index (χ3n) is 5.23. The van der Waals surface area contributed by atoms with Crippen molar-refractivity contribution in [2.75, 3.05) is 16.3 Å². The van der Waals surface area contributed by atoms with Crippen molar-refractivity contribution >= 4 is 29.1 Å². The average Bonchev–Trinajstić information content (AvgIpc) is 3.24. The molecule has 2 N–H and O–H groups in total. The molecule has 0 radical (unpaired) electrons. The highest BCUT2D eigenvalue weighted by molar-refractivity contribution is 6.21. The van der Waals surface area contributed by atoms with Crippen LogP contribution in [0.3, 0.4) is 0 Å². The number of imide groups is 1. The van der Waals surface area contributed by atoms with Crippen molar-refractivity contribution in [3.63, 3.8) is 0 Å². The van der Waals surface area contributed by atoms with Gasteiger partial charge in [0, 0.05) is 24.2 Å². The van der Waals surface area contributed by atoms with Gasteiger partial charge in [-0.3, -0.25) is 14.4 Å². The maximum Gasteiger partial charge on any atom is 0.292 e. The van der Waals surface area contributed by atoms with Crippen molar-refractivity contribution in [3.8, 4) is 0 Å². The maximum atomic E-state index is 13.1. The number of carbonyl (C=O) groups is 3. The summed E-state index contributed by atoms with van der Waals surface area (Å²) in [4.78, 5) is 39.6. The van der Waals surface area contributed by atoms with E-state index in [0.717, 1.165) is 29.1 Å². The normalized spacial score (nSPS) is 19.8. The van der Waals surface area contributed by atoms with Crippen LogP contribution in [0.25, 0.3) is 0 Å². The fourth-order valence-corrected chi connectivity index (χ4v) is 3.71. The van der Waals surface area contributed by atoms with Crippen molar-refractivity contribution in [1.82, 2.24) is 0 Å². The molecule has 6 nitrogen and oxygen atoms in total. The molecule has 0 spiro atoms. The second-order valence-electron chi connectivity index (χ2n) is 7.11. The van der Waals surface area contributed by atoms with Crippen LogP contribution in [0.2, 0.25) is 0 Å². The van der Waals surface area contributed by atoms with Crippen molar-refractivity contribution in [2.24, 2.45) is 0 Å². The quantitative estimate of drug-likeness (QED) is 0.794. The van der Waals surface area contributed by atoms with E-state index in [2.05, 4.69) is 0 Å². The number of benzene rings is 2. The van der Waals surface area contributed by atoms with Crippen molar-refractivity contribution in [3.05, 3.63) is 59.9 Å². The number of hydrogen-bond donors (Lipinski definition) is 1. The highest BCUT2D eigenvalue weighted by Gasteiger charge is 2.42. The summed E-state index contributed by atoms with van der Waals surface area (Å²) in [6.45, 7) is 1.30. The van der Waals surface area contributed by atoms with Gasteiger partial charge in [0.05, 0.1) is 12.1 Å². The lowest BCUT2D eigenvalue weighted by Gasteiger charge is -2.16. The second-order valence-corrected chi connectivity index (χ2v) is 7.11. The SMILES string of the molecule is O=C1CCCN1c1ccc(C[NH2+][C@@H]2CC(=O)N(c3ccc(F)cc3)C2=O)cc1. The molecule has 2 fully saturated rings. The summed E-state index contributed by atoms with van der Waals surface area (Å²) >= 11 is 0. The Morgan fingerprint density at radius 1 is 0.929 bits per heavy atom. The molecule has 144 valence electrons. The molecule has 28 heavy (non-hydrogen) atoms. The number of nitrogens with two attached hydrogens (primary N) is 1. The first-order valence-electron chi connectivity index (χ1n) is 9.38. The fourth-order valence-electron chi connectivity index (χ4n) is 3.71. The smallest absolute Gasteiger partial charge is 0.292 e. The Morgan fingerprint density at radius 3 is 2.25 bits per heavy atom. The lowest BCUT2D eigenvalue weighted by molar-refractivity contribution is -0.690. The zero-order valence-electron chi connectivity index (χ0n) is 15.3. The Bertz CT molecular complexity index is 911. The highest BCUT2D eigenvalue weighted by Crippen LogP contribution is 2.23. The van der Waals surface area contributed by atoms with Gasteiger partial charge in [0.25, 0.3) is 5.91 Å². The molecule has 3 amide bonds. The van der Waals surface area contributed by atoms with E-state index in [1.807, 2.05) is 29.6 Å². The molecule has 0 unspecified atom stereocenters. The molecule has 2 aromatic carbocycles. The van der Waals surface area contributed by atoms with Crippen molar-refractivity contribution < 1.29 is 24.1 Å². The summed E-state index contributed by atoms with van der Waals surface area (Å²) in [6.07, 6.45) is 1.60. The monoisotopic (exact) mass is 382 g/mol. The Kier molecular flexibility index (Phi) is 4.92. The molecule has 2 heterocycles. The van der Waals surface area contributed by atoms with Gasteiger partial charge in [-0.15, -0.1) is 0 Å². The standard InChI is InChI=1S/C21H20FN3O3/c22-15-5-9-17(10-6-15)25-20(27)12-18(21(25)28)23-13-14-3-7-16(8-4-14)24-11-1-2-19(24)26/h3-10,18,23H,1-2,11-13H2/p+1/t18-/m1/s1. The van der Waals surface area contributed by atoms with E-state index in [1.165, 1.54) is 24.3 Å². The summed E-state index contributed by atoms with van der Waals surface area (Å²) < 4.78 is 13.1. The van der Waals surface area contributed by atoms with Gasteiger partial charge >= 0.3 is 0 Å². The summed E-state index contributed by atoms with van der Waals surface area (Å²) in [7, 11) is 0. The Labute approximate surface area is 161 Å². The van der Waals surface area contributed by atoms with Crippen molar-refractivity contribution in [2.45, 2.75) is 31.8 Å². The number of carbonyl (C=O) groups excluding carboxylic acids is 3. The molecule has 1 atom stereocenters. The average molecular weight is 382 g/mol. The third kappa shape index (κ3) is 3.53. The largest absolute Gasteiger partial charge is 0.332 e. The van der Waals surface area contributed by atoms with Crippen LogP contribution in [0.4, 0.5) is 15.8 Å². The minimum absolute atomic E-state index is 0.122. The van der Waals surface area contributed by atoms with Crippen molar-refractivity contribution in [1.29, 1.82) is 0 Å². The number of halogens is 1. The lowest BCUT2D eigenvalue weighted by atomic mass is 10.1. The van der Waals surface area contributed by atoms with Gasteiger partial charge in [0.15, 0.2) is 6.04 Å². The summed E-state index contributed by atoms with van der Waals surface area (Å²) in [6, 6.07) is 12.6. The number of anilines is 2. The van der Waals surface area contributed by atoms with Gasteiger partial charge in [0.1, 0.15) is 12.4 Å². The Morgan fingerprint density at radius 2 is 1.61 bits per heavy atom. The molecule has 0 saturated carbocycles. The van der Waals surface area contributed by atoms with Gasteiger partial charge in [-0.25, -0.2) is 9.29 Å². The third-order valence-corrected chi connectivity index (χ3v) is 5.23. The van der Waals surface area contributed by atoms with E-state index < -0.39 is 11.9 Å². The summed E-state index contributed by atoms with van der Waals surface area (Å²) in [5.41, 5.74) is 2.30. The first kappa shape index (κ1) is 18.3. The van der Waals surface area contributed by atoms with Crippen LogP contribution in [0.1, 0.15) is 24.8 Å². The topological polar surface area (TPSA) is 74.3 Å². The second kappa shape index (κ2) is 7.52. The van der Waals surface area contributed by atoms with E-state index in [9.17, 15) is 18.8 Å². The van der Waals surface area contributed by atoms with Gasteiger partial charge in [-0.2, -0.15) is 0 Å². The minimum Gasteiger partial charge on any atom is -0.332 e. The zero-order chi connectivity index (χ0) is 19.7. The molecule has 0 bridgehead atoms. The lowest BCUT2D eigenvalue weighted by Crippen LogP contribution is -2.90. The van der Waals surface area contributed by atoms with E-state index in [-0.39, 0.29) is 24.1 Å². The van der Waals surface area contributed by atoms with Crippen LogP contribution in [-0.4, -0.2) is 30.3 Å². The molecule has 7 heteroatoms. The predicted molar refractivity (Wildman–Crippen MR) is 101 cm³/mol. The minimum atomic E-state index is -0.489.